The van der Waals surface area contributed by atoms with E-state index in [-0.39, 0.29) is 6.79 Å². The van der Waals surface area contributed by atoms with Gasteiger partial charge in [0, 0.05) is 49.7 Å². The molecule has 1 aromatic carbocycles. The number of nitrogens with zero attached hydrogens (tertiary/aromatic N) is 3. The minimum atomic E-state index is 0.259. The zero-order valence-electron chi connectivity index (χ0n) is 14.0. The molecule has 1 aliphatic rings. The highest BCUT2D eigenvalue weighted by atomic mass is 35.5. The van der Waals surface area contributed by atoms with Crippen molar-refractivity contribution in [3.8, 4) is 11.5 Å². The Kier molecular flexibility index (Phi) is 5.56. The van der Waals surface area contributed by atoms with E-state index < -0.39 is 0 Å². The van der Waals surface area contributed by atoms with Crippen LogP contribution in [0.15, 0.2) is 36.7 Å². The standard InChI is InChI=1S/C18H22ClN3O2/c1-21(2)6-7-22(11-14-4-3-5-20-10-14)12-15-8-17-18(9-16(15)19)24-13-23-17/h3-5,8-10H,6-7,11-13H2,1-2H3. The third-order valence-electron chi connectivity index (χ3n) is 3.93. The SMILES string of the molecule is CN(C)CCN(Cc1cccnc1)Cc1cc2c(cc1Cl)OCO2. The van der Waals surface area contributed by atoms with Crippen molar-refractivity contribution in [2.24, 2.45) is 0 Å². The minimum absolute atomic E-state index is 0.259. The third-order valence-corrected chi connectivity index (χ3v) is 4.28. The lowest BCUT2D eigenvalue weighted by Crippen LogP contribution is -2.31. The van der Waals surface area contributed by atoms with Crippen molar-refractivity contribution in [2.45, 2.75) is 13.1 Å². The molecule has 0 N–H and O–H groups in total. The van der Waals surface area contributed by atoms with Crippen LogP contribution in [0.1, 0.15) is 11.1 Å². The van der Waals surface area contributed by atoms with Crippen molar-refractivity contribution >= 4 is 11.6 Å². The second-order valence-corrected chi connectivity index (χ2v) is 6.58. The summed E-state index contributed by atoms with van der Waals surface area (Å²) in [5.74, 6) is 1.49. The number of aromatic nitrogens is 1. The average Bonchev–Trinajstić information content (AvgIpc) is 3.01. The van der Waals surface area contributed by atoms with Gasteiger partial charge in [0.2, 0.25) is 6.79 Å². The molecule has 2 heterocycles. The lowest BCUT2D eigenvalue weighted by Gasteiger charge is -2.24. The maximum Gasteiger partial charge on any atom is 0.231 e. The van der Waals surface area contributed by atoms with Crippen molar-refractivity contribution in [1.82, 2.24) is 14.8 Å². The Morgan fingerprint density at radius 1 is 1.12 bits per heavy atom. The molecule has 1 aromatic heterocycles. The summed E-state index contributed by atoms with van der Waals surface area (Å²) >= 11 is 6.43. The van der Waals surface area contributed by atoms with Gasteiger partial charge in [0.25, 0.3) is 0 Å². The van der Waals surface area contributed by atoms with Gasteiger partial charge >= 0.3 is 0 Å². The normalized spacial score (nSPS) is 13.0. The van der Waals surface area contributed by atoms with Crippen molar-refractivity contribution < 1.29 is 9.47 Å². The molecule has 0 saturated carbocycles. The number of benzene rings is 1. The van der Waals surface area contributed by atoms with Gasteiger partial charge in [0.15, 0.2) is 11.5 Å². The summed E-state index contributed by atoms with van der Waals surface area (Å²) in [6.45, 7) is 3.74. The Balaban J connectivity index is 1.75. The van der Waals surface area contributed by atoms with E-state index in [4.69, 9.17) is 21.1 Å². The molecule has 1 aliphatic heterocycles. The fourth-order valence-electron chi connectivity index (χ4n) is 2.63. The number of pyridine rings is 1. The molecule has 0 amide bonds. The molecule has 0 fully saturated rings. The number of hydrogen-bond acceptors (Lipinski definition) is 5. The molecular formula is C18H22ClN3O2. The van der Waals surface area contributed by atoms with E-state index in [0.717, 1.165) is 43.2 Å². The van der Waals surface area contributed by atoms with Gasteiger partial charge in [0.05, 0.1) is 0 Å². The molecule has 5 nitrogen and oxygen atoms in total. The van der Waals surface area contributed by atoms with Crippen molar-refractivity contribution in [2.75, 3.05) is 34.0 Å². The number of fused-ring (bicyclic) bond motifs is 1. The molecule has 0 unspecified atom stereocenters. The number of halogens is 1. The van der Waals surface area contributed by atoms with E-state index in [1.165, 1.54) is 5.56 Å². The van der Waals surface area contributed by atoms with Crippen LogP contribution in [0.3, 0.4) is 0 Å². The summed E-state index contributed by atoms with van der Waals surface area (Å²) in [6, 6.07) is 7.88. The van der Waals surface area contributed by atoms with Crippen LogP contribution in [0.2, 0.25) is 5.02 Å². The van der Waals surface area contributed by atoms with E-state index in [9.17, 15) is 0 Å². The maximum absolute atomic E-state index is 6.43. The van der Waals surface area contributed by atoms with E-state index in [0.29, 0.717) is 5.02 Å². The molecule has 0 bridgehead atoms. The van der Waals surface area contributed by atoms with Gasteiger partial charge in [-0.25, -0.2) is 0 Å². The van der Waals surface area contributed by atoms with Crippen LogP contribution in [0.4, 0.5) is 0 Å². The lowest BCUT2D eigenvalue weighted by atomic mass is 10.1. The number of ether oxygens (including phenoxy) is 2. The first kappa shape index (κ1) is 17.0. The average molecular weight is 348 g/mol. The predicted octanol–water partition coefficient (Wildman–Crippen LogP) is 3.03. The first-order chi connectivity index (χ1) is 11.6. The van der Waals surface area contributed by atoms with Gasteiger partial charge in [-0.3, -0.25) is 9.88 Å². The van der Waals surface area contributed by atoms with Crippen LogP contribution in [0.5, 0.6) is 11.5 Å². The quantitative estimate of drug-likeness (QED) is 0.769. The van der Waals surface area contributed by atoms with Crippen LogP contribution in [-0.4, -0.2) is 48.8 Å². The molecule has 6 heteroatoms. The molecule has 0 aliphatic carbocycles. The second-order valence-electron chi connectivity index (χ2n) is 6.17. The fourth-order valence-corrected chi connectivity index (χ4v) is 2.84. The Morgan fingerprint density at radius 2 is 1.92 bits per heavy atom. The van der Waals surface area contributed by atoms with E-state index in [1.54, 1.807) is 6.20 Å². The van der Waals surface area contributed by atoms with Crippen LogP contribution in [0, 0.1) is 0 Å². The molecular weight excluding hydrogens is 326 g/mol. The molecule has 0 saturated heterocycles. The van der Waals surface area contributed by atoms with E-state index >= 15 is 0 Å². The van der Waals surface area contributed by atoms with Crippen LogP contribution in [0.25, 0.3) is 0 Å². The number of hydrogen-bond donors (Lipinski definition) is 0. The van der Waals surface area contributed by atoms with Gasteiger partial charge < -0.3 is 14.4 Å². The Morgan fingerprint density at radius 3 is 2.62 bits per heavy atom. The van der Waals surface area contributed by atoms with Gasteiger partial charge in [-0.1, -0.05) is 17.7 Å². The third kappa shape index (κ3) is 4.38. The fraction of sp³-hybridized carbons (Fsp3) is 0.389. The van der Waals surface area contributed by atoms with Gasteiger partial charge in [0.1, 0.15) is 0 Å². The zero-order valence-corrected chi connectivity index (χ0v) is 14.8. The van der Waals surface area contributed by atoms with Gasteiger partial charge in [-0.05, 0) is 37.4 Å². The predicted molar refractivity (Wildman–Crippen MR) is 94.5 cm³/mol. The monoisotopic (exact) mass is 347 g/mol. The zero-order chi connectivity index (χ0) is 16.9. The summed E-state index contributed by atoms with van der Waals surface area (Å²) in [4.78, 5) is 8.74. The Labute approximate surface area is 147 Å². The molecule has 0 spiro atoms. The highest BCUT2D eigenvalue weighted by molar-refractivity contribution is 6.31. The topological polar surface area (TPSA) is 37.8 Å². The van der Waals surface area contributed by atoms with E-state index in [2.05, 4.69) is 34.9 Å². The van der Waals surface area contributed by atoms with Gasteiger partial charge in [-0.2, -0.15) is 0 Å². The molecule has 0 radical (unpaired) electrons. The van der Waals surface area contributed by atoms with Gasteiger partial charge in [-0.15, -0.1) is 0 Å². The smallest absolute Gasteiger partial charge is 0.231 e. The van der Waals surface area contributed by atoms with Crippen molar-refractivity contribution in [3.05, 3.63) is 52.8 Å². The van der Waals surface area contributed by atoms with E-state index in [1.807, 2.05) is 24.4 Å². The van der Waals surface area contributed by atoms with Crippen molar-refractivity contribution in [1.29, 1.82) is 0 Å². The number of likely N-dealkylation sites (N-methyl/N-ethyl adjacent to an activating group) is 1. The van der Waals surface area contributed by atoms with Crippen LogP contribution >= 0.6 is 11.6 Å². The molecule has 0 atom stereocenters. The Hall–Kier alpha value is -1.82. The number of rotatable bonds is 7. The highest BCUT2D eigenvalue weighted by Gasteiger charge is 2.18. The molecule has 128 valence electrons. The second kappa shape index (κ2) is 7.83. The summed E-state index contributed by atoms with van der Waals surface area (Å²) in [5, 5.41) is 0.709. The molecule has 3 rings (SSSR count). The summed E-state index contributed by atoms with van der Waals surface area (Å²) in [5.41, 5.74) is 2.23. The minimum Gasteiger partial charge on any atom is -0.454 e. The summed E-state index contributed by atoms with van der Waals surface area (Å²) in [6.07, 6.45) is 3.70. The summed E-state index contributed by atoms with van der Waals surface area (Å²) in [7, 11) is 4.16. The van der Waals surface area contributed by atoms with Crippen LogP contribution in [-0.2, 0) is 13.1 Å². The first-order valence-electron chi connectivity index (χ1n) is 7.96. The Bertz CT molecular complexity index is 679. The van der Waals surface area contributed by atoms with Crippen molar-refractivity contribution in [3.63, 3.8) is 0 Å². The first-order valence-corrected chi connectivity index (χ1v) is 8.33. The molecule has 24 heavy (non-hydrogen) atoms. The highest BCUT2D eigenvalue weighted by Crippen LogP contribution is 2.37. The molecule has 2 aromatic rings. The lowest BCUT2D eigenvalue weighted by molar-refractivity contribution is 0.174. The largest absolute Gasteiger partial charge is 0.454 e. The summed E-state index contributed by atoms with van der Waals surface area (Å²) < 4.78 is 10.9. The van der Waals surface area contributed by atoms with Crippen LogP contribution < -0.4 is 9.47 Å². The maximum atomic E-state index is 6.43.